The summed E-state index contributed by atoms with van der Waals surface area (Å²) in [6.45, 7) is 3.99. The molecule has 1 aromatic rings. The molecule has 0 radical (unpaired) electrons. The van der Waals surface area contributed by atoms with E-state index in [4.69, 9.17) is 4.74 Å². The molecular formula is C15H25NO3S2. The number of sulfone groups is 1. The van der Waals surface area contributed by atoms with Crippen LogP contribution in [0.4, 0.5) is 0 Å². The van der Waals surface area contributed by atoms with Crippen LogP contribution in [0.25, 0.3) is 0 Å². The average molecular weight is 332 g/mol. The van der Waals surface area contributed by atoms with Crippen LogP contribution in [-0.2, 0) is 22.1 Å². The van der Waals surface area contributed by atoms with Crippen molar-refractivity contribution in [2.75, 3.05) is 31.4 Å². The number of hydrogen-bond acceptors (Lipinski definition) is 5. The summed E-state index contributed by atoms with van der Waals surface area (Å²) in [6.07, 6.45) is 2.39. The van der Waals surface area contributed by atoms with Crippen LogP contribution in [0.15, 0.2) is 18.2 Å². The van der Waals surface area contributed by atoms with E-state index in [1.807, 2.05) is 6.07 Å². The number of nitrogens with one attached hydrogen (secondary N) is 1. The maximum Gasteiger partial charge on any atom is 0.148 e. The third-order valence-electron chi connectivity index (χ3n) is 2.96. The van der Waals surface area contributed by atoms with Gasteiger partial charge in [0.15, 0.2) is 0 Å². The molecule has 4 nitrogen and oxygen atoms in total. The van der Waals surface area contributed by atoms with Crippen molar-refractivity contribution >= 4 is 21.6 Å². The first kappa shape index (κ1) is 18.3. The smallest absolute Gasteiger partial charge is 0.148 e. The van der Waals surface area contributed by atoms with Gasteiger partial charge in [0, 0.05) is 29.9 Å². The Kier molecular flexibility index (Phi) is 8.14. The summed E-state index contributed by atoms with van der Waals surface area (Å²) in [7, 11) is -1.22. The van der Waals surface area contributed by atoms with Crippen molar-refractivity contribution in [1.29, 1.82) is 0 Å². The van der Waals surface area contributed by atoms with Crippen molar-refractivity contribution in [2.24, 2.45) is 0 Å². The molecular weight excluding hydrogens is 306 g/mol. The molecule has 0 spiro atoms. The second-order valence-corrected chi connectivity index (χ2v) is 8.37. The number of thioether (sulfide) groups is 1. The van der Waals surface area contributed by atoms with Crippen LogP contribution in [-0.4, -0.2) is 39.8 Å². The second-order valence-electron chi connectivity index (χ2n) is 5.01. The monoisotopic (exact) mass is 331 g/mol. The largest absolute Gasteiger partial charge is 0.496 e. The fourth-order valence-corrected chi connectivity index (χ4v) is 4.13. The molecule has 6 heteroatoms. The molecule has 0 bridgehead atoms. The van der Waals surface area contributed by atoms with Crippen molar-refractivity contribution < 1.29 is 13.2 Å². The molecule has 1 rings (SSSR count). The summed E-state index contributed by atoms with van der Waals surface area (Å²) in [5, 5.41) is 3.38. The first-order valence-corrected chi connectivity index (χ1v) is 10.3. The van der Waals surface area contributed by atoms with Crippen molar-refractivity contribution in [3.63, 3.8) is 0 Å². The molecule has 0 saturated heterocycles. The lowest BCUT2D eigenvalue weighted by Crippen LogP contribution is -2.13. The van der Waals surface area contributed by atoms with Crippen molar-refractivity contribution in [3.8, 4) is 5.75 Å². The van der Waals surface area contributed by atoms with Gasteiger partial charge in [0.2, 0.25) is 0 Å². The van der Waals surface area contributed by atoms with E-state index in [1.165, 1.54) is 11.8 Å². The van der Waals surface area contributed by atoms with Gasteiger partial charge in [-0.3, -0.25) is 0 Å². The first-order chi connectivity index (χ1) is 9.96. The second kappa shape index (κ2) is 9.33. The predicted octanol–water partition coefficient (Wildman–Crippen LogP) is 2.47. The number of benzene rings is 1. The van der Waals surface area contributed by atoms with Crippen LogP contribution >= 0.6 is 11.8 Å². The molecule has 0 aliphatic heterocycles. The van der Waals surface area contributed by atoms with Crippen molar-refractivity contribution in [1.82, 2.24) is 5.32 Å². The van der Waals surface area contributed by atoms with E-state index in [0.717, 1.165) is 36.6 Å². The quantitative estimate of drug-likeness (QED) is 0.668. The Morgan fingerprint density at radius 3 is 2.71 bits per heavy atom. The summed E-state index contributed by atoms with van der Waals surface area (Å²) in [5.41, 5.74) is 2.34. The molecule has 0 amide bonds. The number of rotatable bonds is 10. The fourth-order valence-electron chi connectivity index (χ4n) is 1.86. The van der Waals surface area contributed by atoms with Crippen LogP contribution in [0.5, 0.6) is 5.75 Å². The van der Waals surface area contributed by atoms with Gasteiger partial charge in [-0.1, -0.05) is 13.0 Å². The highest BCUT2D eigenvalue weighted by Crippen LogP contribution is 2.24. The Bertz CT molecular complexity index is 530. The van der Waals surface area contributed by atoms with Gasteiger partial charge in [-0.05, 0) is 30.7 Å². The van der Waals surface area contributed by atoms with Crippen LogP contribution in [0.3, 0.4) is 0 Å². The van der Waals surface area contributed by atoms with Gasteiger partial charge in [0.25, 0.3) is 0 Å². The van der Waals surface area contributed by atoms with Gasteiger partial charge < -0.3 is 10.1 Å². The highest BCUT2D eigenvalue weighted by molar-refractivity contribution is 7.99. The summed E-state index contributed by atoms with van der Waals surface area (Å²) >= 11 is 1.62. The van der Waals surface area contributed by atoms with Gasteiger partial charge in [0.1, 0.15) is 15.6 Å². The van der Waals surface area contributed by atoms with Gasteiger partial charge >= 0.3 is 0 Å². The molecule has 0 aromatic heterocycles. The summed E-state index contributed by atoms with van der Waals surface area (Å²) < 4.78 is 27.6. The molecule has 0 saturated carbocycles. The molecule has 120 valence electrons. The third kappa shape index (κ3) is 7.74. The highest BCUT2D eigenvalue weighted by atomic mass is 32.2. The Morgan fingerprint density at radius 2 is 2.10 bits per heavy atom. The van der Waals surface area contributed by atoms with E-state index < -0.39 is 9.84 Å². The molecule has 1 aromatic carbocycles. The third-order valence-corrected chi connectivity index (χ3v) is 5.17. The predicted molar refractivity (Wildman–Crippen MR) is 90.9 cm³/mol. The Balaban J connectivity index is 2.58. The molecule has 0 unspecified atom stereocenters. The van der Waals surface area contributed by atoms with Gasteiger partial charge in [-0.15, -0.1) is 0 Å². The number of methoxy groups -OCH3 is 1. The SMILES string of the molecule is CCCNCc1ccc(OC)c(CSCCS(C)(=O)=O)c1. The maximum atomic E-state index is 11.1. The lowest BCUT2D eigenvalue weighted by molar-refractivity contribution is 0.411. The van der Waals surface area contributed by atoms with E-state index in [2.05, 4.69) is 24.4 Å². The van der Waals surface area contributed by atoms with Gasteiger partial charge in [0.05, 0.1) is 12.9 Å². The topological polar surface area (TPSA) is 55.4 Å². The minimum Gasteiger partial charge on any atom is -0.496 e. The standard InChI is InChI=1S/C15H25NO3S2/c1-4-7-16-11-13-5-6-15(19-2)14(10-13)12-20-8-9-21(3,17)18/h5-6,10,16H,4,7-9,11-12H2,1-3H3. The Hall–Kier alpha value is -0.720. The van der Waals surface area contributed by atoms with E-state index in [9.17, 15) is 8.42 Å². The Morgan fingerprint density at radius 1 is 1.33 bits per heavy atom. The maximum absolute atomic E-state index is 11.1. The molecule has 0 aliphatic carbocycles. The Labute approximate surface area is 132 Å². The fraction of sp³-hybridized carbons (Fsp3) is 0.600. The van der Waals surface area contributed by atoms with Crippen molar-refractivity contribution in [3.05, 3.63) is 29.3 Å². The summed E-state index contributed by atoms with van der Waals surface area (Å²) in [6, 6.07) is 6.18. The van der Waals surface area contributed by atoms with Gasteiger partial charge in [-0.2, -0.15) is 11.8 Å². The van der Waals surface area contributed by atoms with E-state index in [1.54, 1.807) is 18.9 Å². The van der Waals surface area contributed by atoms with E-state index >= 15 is 0 Å². The van der Waals surface area contributed by atoms with Crippen molar-refractivity contribution in [2.45, 2.75) is 25.6 Å². The number of ether oxygens (including phenoxy) is 1. The lowest BCUT2D eigenvalue weighted by Gasteiger charge is -2.11. The zero-order valence-electron chi connectivity index (χ0n) is 13.0. The van der Waals surface area contributed by atoms with E-state index in [-0.39, 0.29) is 5.75 Å². The average Bonchev–Trinajstić information content (AvgIpc) is 2.43. The summed E-state index contributed by atoms with van der Waals surface area (Å²) in [4.78, 5) is 0. The zero-order chi connectivity index (χ0) is 15.7. The molecule has 0 fully saturated rings. The van der Waals surface area contributed by atoms with Gasteiger partial charge in [-0.25, -0.2) is 8.42 Å². The molecule has 0 aliphatic rings. The molecule has 1 N–H and O–H groups in total. The molecule has 0 heterocycles. The van der Waals surface area contributed by atoms with Crippen LogP contribution in [0.2, 0.25) is 0 Å². The van der Waals surface area contributed by atoms with Crippen LogP contribution in [0, 0.1) is 0 Å². The molecule has 0 atom stereocenters. The highest BCUT2D eigenvalue weighted by Gasteiger charge is 2.07. The van der Waals surface area contributed by atoms with Crippen LogP contribution < -0.4 is 10.1 Å². The van der Waals surface area contributed by atoms with Crippen LogP contribution in [0.1, 0.15) is 24.5 Å². The minimum atomic E-state index is -2.88. The lowest BCUT2D eigenvalue weighted by atomic mass is 10.1. The van der Waals surface area contributed by atoms with E-state index in [0.29, 0.717) is 5.75 Å². The minimum absolute atomic E-state index is 0.220. The molecule has 21 heavy (non-hydrogen) atoms. The number of hydrogen-bond donors (Lipinski definition) is 1. The normalized spacial score (nSPS) is 11.6. The summed E-state index contributed by atoms with van der Waals surface area (Å²) in [5.74, 6) is 2.46. The first-order valence-electron chi connectivity index (χ1n) is 7.08. The zero-order valence-corrected chi connectivity index (χ0v) is 14.6.